The molecule has 0 amide bonds. The quantitative estimate of drug-likeness (QED) is 0.760. The molecule has 0 aliphatic rings. The molecule has 1 heterocycles. The Hall–Kier alpha value is -1.25. The zero-order valence-corrected chi connectivity index (χ0v) is 12.2. The minimum atomic E-state index is 0.759. The van der Waals surface area contributed by atoms with E-state index in [9.17, 15) is 0 Å². The van der Waals surface area contributed by atoms with Crippen LogP contribution >= 0.6 is 0 Å². The molecule has 0 aliphatic heterocycles. The van der Waals surface area contributed by atoms with Gasteiger partial charge in [0.05, 0.1) is 0 Å². The molecule has 1 N–H and O–H groups in total. The van der Waals surface area contributed by atoms with Gasteiger partial charge in [-0.2, -0.15) is 0 Å². The molecule has 3 nitrogen and oxygen atoms in total. The molecule has 0 saturated heterocycles. The smallest absolute Gasteiger partial charge is 0.130 e. The number of rotatable bonds is 8. The van der Waals surface area contributed by atoms with Crippen molar-refractivity contribution < 1.29 is 0 Å². The summed E-state index contributed by atoms with van der Waals surface area (Å²) in [7, 11) is 0. The predicted molar refractivity (Wildman–Crippen MR) is 80.4 cm³/mol. The van der Waals surface area contributed by atoms with Gasteiger partial charge < -0.3 is 10.2 Å². The van der Waals surface area contributed by atoms with Gasteiger partial charge in [-0.25, -0.2) is 4.98 Å². The van der Waals surface area contributed by atoms with E-state index in [1.807, 2.05) is 6.07 Å². The average molecular weight is 249 g/mol. The summed E-state index contributed by atoms with van der Waals surface area (Å²) in [5.74, 6) is 2.82. The summed E-state index contributed by atoms with van der Waals surface area (Å²) in [6.07, 6.45) is 2.47. The van der Waals surface area contributed by atoms with E-state index in [1.165, 1.54) is 12.8 Å². The van der Waals surface area contributed by atoms with Gasteiger partial charge in [0.25, 0.3) is 0 Å². The van der Waals surface area contributed by atoms with Crippen LogP contribution in [-0.2, 0) is 0 Å². The van der Waals surface area contributed by atoms with Gasteiger partial charge in [0.15, 0.2) is 0 Å². The molecule has 0 unspecified atom stereocenters. The van der Waals surface area contributed by atoms with Crippen LogP contribution in [0.3, 0.4) is 0 Å². The third-order valence-corrected chi connectivity index (χ3v) is 3.43. The highest BCUT2D eigenvalue weighted by atomic mass is 15.2. The number of aromatic nitrogens is 1. The molecule has 0 spiro atoms. The number of anilines is 2. The molecule has 0 bridgehead atoms. The second kappa shape index (κ2) is 7.96. The Bertz CT molecular complexity index is 334. The molecule has 18 heavy (non-hydrogen) atoms. The van der Waals surface area contributed by atoms with E-state index in [1.54, 1.807) is 0 Å². The number of nitrogens with one attached hydrogen (secondary N) is 1. The first kappa shape index (κ1) is 14.8. The minimum Gasteiger partial charge on any atom is -0.370 e. The highest BCUT2D eigenvalue weighted by Gasteiger charge is 2.11. The van der Waals surface area contributed by atoms with Crippen LogP contribution in [0.4, 0.5) is 11.6 Å². The van der Waals surface area contributed by atoms with E-state index in [2.05, 4.69) is 55.0 Å². The Labute approximate surface area is 112 Å². The van der Waals surface area contributed by atoms with Crippen LogP contribution in [0.25, 0.3) is 0 Å². The van der Waals surface area contributed by atoms with Crippen molar-refractivity contribution in [3.63, 3.8) is 0 Å². The highest BCUT2D eigenvalue weighted by molar-refractivity contribution is 5.46. The Morgan fingerprint density at radius 1 is 1.17 bits per heavy atom. The van der Waals surface area contributed by atoms with Crippen LogP contribution in [0.15, 0.2) is 18.2 Å². The van der Waals surface area contributed by atoms with Gasteiger partial charge in [-0.15, -0.1) is 0 Å². The zero-order valence-electron chi connectivity index (χ0n) is 12.2. The van der Waals surface area contributed by atoms with Crippen LogP contribution in [0.1, 0.15) is 40.5 Å². The van der Waals surface area contributed by atoms with Gasteiger partial charge in [-0.3, -0.25) is 0 Å². The Morgan fingerprint density at radius 3 is 2.44 bits per heavy atom. The number of hydrogen-bond donors (Lipinski definition) is 1. The predicted octanol–water partition coefficient (Wildman–Crippen LogP) is 3.78. The summed E-state index contributed by atoms with van der Waals surface area (Å²) in [4.78, 5) is 7.04. The number of hydrogen-bond acceptors (Lipinski definition) is 3. The van der Waals surface area contributed by atoms with Crippen molar-refractivity contribution >= 4 is 11.6 Å². The van der Waals surface area contributed by atoms with E-state index in [0.29, 0.717) is 0 Å². The van der Waals surface area contributed by atoms with Crippen LogP contribution in [0.5, 0.6) is 0 Å². The molecule has 0 saturated carbocycles. The molecule has 0 aromatic carbocycles. The fourth-order valence-electron chi connectivity index (χ4n) is 2.12. The SMILES string of the molecule is CCNc1cccc(N(CC)CC(CC)CC)n1. The van der Waals surface area contributed by atoms with Crippen molar-refractivity contribution in [1.82, 2.24) is 4.98 Å². The van der Waals surface area contributed by atoms with Crippen LogP contribution < -0.4 is 10.2 Å². The zero-order chi connectivity index (χ0) is 13.4. The van der Waals surface area contributed by atoms with Crippen molar-refractivity contribution in [3.8, 4) is 0 Å². The van der Waals surface area contributed by atoms with Crippen molar-refractivity contribution in [2.75, 3.05) is 29.9 Å². The van der Waals surface area contributed by atoms with E-state index < -0.39 is 0 Å². The van der Waals surface area contributed by atoms with Crippen LogP contribution in [0.2, 0.25) is 0 Å². The lowest BCUT2D eigenvalue weighted by molar-refractivity contribution is 0.484. The Morgan fingerprint density at radius 2 is 1.89 bits per heavy atom. The standard InChI is InChI=1S/C15H27N3/c1-5-13(6-2)12-18(8-4)15-11-9-10-14(17-15)16-7-3/h9-11,13H,5-8,12H2,1-4H3,(H,16,17). The molecule has 102 valence electrons. The fraction of sp³-hybridized carbons (Fsp3) is 0.667. The normalized spacial score (nSPS) is 10.7. The first-order valence-corrected chi connectivity index (χ1v) is 7.20. The monoisotopic (exact) mass is 249 g/mol. The summed E-state index contributed by atoms with van der Waals surface area (Å²) in [5.41, 5.74) is 0. The molecule has 1 rings (SSSR count). The summed E-state index contributed by atoms with van der Waals surface area (Å²) in [5, 5.41) is 3.27. The summed E-state index contributed by atoms with van der Waals surface area (Å²) in [6.45, 7) is 11.9. The number of nitrogens with zero attached hydrogens (tertiary/aromatic N) is 2. The van der Waals surface area contributed by atoms with Crippen molar-refractivity contribution in [2.24, 2.45) is 5.92 Å². The first-order valence-electron chi connectivity index (χ1n) is 7.20. The maximum atomic E-state index is 4.67. The minimum absolute atomic E-state index is 0.759. The highest BCUT2D eigenvalue weighted by Crippen LogP contribution is 2.18. The number of pyridine rings is 1. The van der Waals surface area contributed by atoms with Crippen molar-refractivity contribution in [2.45, 2.75) is 40.5 Å². The molecule has 0 fully saturated rings. The lowest BCUT2D eigenvalue weighted by atomic mass is 10.0. The molecule has 3 heteroatoms. The summed E-state index contributed by atoms with van der Waals surface area (Å²) < 4.78 is 0. The molecule has 1 aromatic heterocycles. The summed E-state index contributed by atoms with van der Waals surface area (Å²) in [6, 6.07) is 6.21. The first-order chi connectivity index (χ1) is 8.74. The third-order valence-electron chi connectivity index (χ3n) is 3.43. The molecular weight excluding hydrogens is 222 g/mol. The van der Waals surface area contributed by atoms with Crippen molar-refractivity contribution in [3.05, 3.63) is 18.2 Å². The van der Waals surface area contributed by atoms with E-state index in [4.69, 9.17) is 0 Å². The average Bonchev–Trinajstić information content (AvgIpc) is 2.41. The second-order valence-corrected chi connectivity index (χ2v) is 4.63. The van der Waals surface area contributed by atoms with E-state index >= 15 is 0 Å². The third kappa shape index (κ3) is 4.21. The summed E-state index contributed by atoms with van der Waals surface area (Å²) >= 11 is 0. The second-order valence-electron chi connectivity index (χ2n) is 4.63. The van der Waals surface area contributed by atoms with Gasteiger partial charge in [0.1, 0.15) is 11.6 Å². The molecular formula is C15H27N3. The van der Waals surface area contributed by atoms with Gasteiger partial charge in [0, 0.05) is 19.6 Å². The van der Waals surface area contributed by atoms with Gasteiger partial charge >= 0.3 is 0 Å². The van der Waals surface area contributed by atoms with Gasteiger partial charge in [-0.1, -0.05) is 32.8 Å². The molecule has 0 atom stereocenters. The largest absolute Gasteiger partial charge is 0.370 e. The Balaban J connectivity index is 2.77. The van der Waals surface area contributed by atoms with Gasteiger partial charge in [-0.05, 0) is 31.9 Å². The fourth-order valence-corrected chi connectivity index (χ4v) is 2.12. The lowest BCUT2D eigenvalue weighted by Gasteiger charge is -2.26. The van der Waals surface area contributed by atoms with Crippen LogP contribution in [0, 0.1) is 5.92 Å². The van der Waals surface area contributed by atoms with Crippen molar-refractivity contribution in [1.29, 1.82) is 0 Å². The maximum Gasteiger partial charge on any atom is 0.130 e. The topological polar surface area (TPSA) is 28.2 Å². The van der Waals surface area contributed by atoms with E-state index in [-0.39, 0.29) is 0 Å². The maximum absolute atomic E-state index is 4.67. The molecule has 0 radical (unpaired) electrons. The van der Waals surface area contributed by atoms with Crippen LogP contribution in [-0.4, -0.2) is 24.6 Å². The lowest BCUT2D eigenvalue weighted by Crippen LogP contribution is -2.29. The molecule has 1 aromatic rings. The Kier molecular flexibility index (Phi) is 6.55. The van der Waals surface area contributed by atoms with Gasteiger partial charge in [0.2, 0.25) is 0 Å². The van der Waals surface area contributed by atoms with E-state index in [0.717, 1.165) is 37.2 Å². The molecule has 0 aliphatic carbocycles.